The molecular weight excluding hydrogens is 324 g/mol. The summed E-state index contributed by atoms with van der Waals surface area (Å²) in [6, 6.07) is 0.624. The predicted octanol–water partition coefficient (Wildman–Crippen LogP) is 1.89. The molecule has 0 aromatic heterocycles. The van der Waals surface area contributed by atoms with E-state index < -0.39 is 38.5 Å². The van der Waals surface area contributed by atoms with Crippen molar-refractivity contribution in [3.05, 3.63) is 29.6 Å². The maximum Gasteiger partial charge on any atom is 0.417 e. The van der Waals surface area contributed by atoms with Crippen LogP contribution in [0.15, 0.2) is 23.1 Å². The summed E-state index contributed by atoms with van der Waals surface area (Å²) < 4.78 is 76.5. The first kappa shape index (κ1) is 19.1. The summed E-state index contributed by atoms with van der Waals surface area (Å²) in [5.41, 5.74) is 3.64. The molecule has 10 heteroatoms. The summed E-state index contributed by atoms with van der Waals surface area (Å²) in [7, 11) is -4.42. The lowest BCUT2D eigenvalue weighted by atomic mass is 10.2. The van der Waals surface area contributed by atoms with Crippen molar-refractivity contribution in [1.82, 2.24) is 4.72 Å². The van der Waals surface area contributed by atoms with Gasteiger partial charge in [0, 0.05) is 12.6 Å². The second kappa shape index (κ2) is 6.70. The Kier molecular flexibility index (Phi) is 6.40. The van der Waals surface area contributed by atoms with Gasteiger partial charge < -0.3 is 5.73 Å². The Morgan fingerprint density at radius 3 is 2.35 bits per heavy atom. The minimum Gasteiger partial charge on any atom is -0.329 e. The van der Waals surface area contributed by atoms with Gasteiger partial charge in [0.25, 0.3) is 0 Å². The Hall–Kier alpha value is -0.900. The van der Waals surface area contributed by atoms with Gasteiger partial charge in [-0.25, -0.2) is 17.5 Å². The molecule has 116 valence electrons. The third-order valence-corrected chi connectivity index (χ3v) is 3.89. The zero-order valence-corrected chi connectivity index (χ0v) is 11.9. The summed E-state index contributed by atoms with van der Waals surface area (Å²) in [6.45, 7) is 1.32. The van der Waals surface area contributed by atoms with Gasteiger partial charge in [-0.2, -0.15) is 13.2 Å². The van der Waals surface area contributed by atoms with E-state index in [1.807, 2.05) is 4.72 Å². The zero-order chi connectivity index (χ0) is 14.8. The molecule has 0 heterocycles. The number of hydrogen-bond acceptors (Lipinski definition) is 3. The highest BCUT2D eigenvalue weighted by Gasteiger charge is 2.37. The molecule has 0 saturated heterocycles. The highest BCUT2D eigenvalue weighted by Crippen LogP contribution is 2.34. The average Bonchev–Trinajstić information content (AvgIpc) is 2.26. The lowest BCUT2D eigenvalue weighted by Crippen LogP contribution is -2.38. The fourth-order valence-electron chi connectivity index (χ4n) is 1.33. The van der Waals surface area contributed by atoms with Crippen LogP contribution in [0.3, 0.4) is 0 Å². The quantitative estimate of drug-likeness (QED) is 0.825. The Bertz CT molecular complexity index is 563. The van der Waals surface area contributed by atoms with Crippen molar-refractivity contribution >= 4 is 22.4 Å². The highest BCUT2D eigenvalue weighted by molar-refractivity contribution is 7.89. The van der Waals surface area contributed by atoms with Crippen LogP contribution in [0.2, 0.25) is 0 Å². The van der Waals surface area contributed by atoms with Gasteiger partial charge in [-0.05, 0) is 25.1 Å². The molecule has 20 heavy (non-hydrogen) atoms. The Labute approximate surface area is 119 Å². The van der Waals surface area contributed by atoms with E-state index >= 15 is 0 Å². The van der Waals surface area contributed by atoms with Gasteiger partial charge in [-0.3, -0.25) is 0 Å². The predicted molar refractivity (Wildman–Crippen MR) is 67.5 cm³/mol. The van der Waals surface area contributed by atoms with E-state index in [2.05, 4.69) is 0 Å². The number of hydrogen-bond donors (Lipinski definition) is 2. The third-order valence-electron chi connectivity index (χ3n) is 2.25. The lowest BCUT2D eigenvalue weighted by Gasteiger charge is -2.16. The van der Waals surface area contributed by atoms with Gasteiger partial charge in [0.1, 0.15) is 5.82 Å². The monoisotopic (exact) mass is 336 g/mol. The Balaban J connectivity index is 0.00000361. The largest absolute Gasteiger partial charge is 0.417 e. The van der Waals surface area contributed by atoms with Crippen molar-refractivity contribution in [1.29, 1.82) is 0 Å². The molecular formula is C10H13ClF4N2O2S. The van der Waals surface area contributed by atoms with Crippen molar-refractivity contribution < 1.29 is 26.0 Å². The standard InChI is InChI=1S/C10H12F4N2O2S.ClH/c1-6(5-15)16-19(17,18)9-3-2-7(11)4-8(9)10(12,13)14;/h2-4,6,16H,5,15H2,1H3;1H/t6-;/m0./s1. The van der Waals surface area contributed by atoms with Gasteiger partial charge >= 0.3 is 6.18 Å². The molecule has 1 aromatic rings. The summed E-state index contributed by atoms with van der Waals surface area (Å²) >= 11 is 0. The SMILES string of the molecule is C[C@@H](CN)NS(=O)(=O)c1ccc(F)cc1C(F)(F)F.Cl. The number of nitrogens with one attached hydrogen (secondary N) is 1. The number of benzene rings is 1. The Morgan fingerprint density at radius 1 is 1.35 bits per heavy atom. The molecule has 0 amide bonds. The van der Waals surface area contributed by atoms with Crippen LogP contribution < -0.4 is 10.5 Å². The number of halogens is 5. The second-order valence-corrected chi connectivity index (χ2v) is 5.58. The van der Waals surface area contributed by atoms with E-state index in [9.17, 15) is 26.0 Å². The molecule has 0 bridgehead atoms. The van der Waals surface area contributed by atoms with E-state index in [0.717, 1.165) is 0 Å². The van der Waals surface area contributed by atoms with E-state index in [4.69, 9.17) is 5.73 Å². The van der Waals surface area contributed by atoms with Gasteiger partial charge in [0.2, 0.25) is 10.0 Å². The topological polar surface area (TPSA) is 72.2 Å². The second-order valence-electron chi connectivity index (χ2n) is 3.90. The number of rotatable bonds is 4. The first-order valence-corrected chi connectivity index (χ1v) is 6.65. The molecule has 0 aliphatic rings. The van der Waals surface area contributed by atoms with Crippen LogP contribution in [0.5, 0.6) is 0 Å². The van der Waals surface area contributed by atoms with Crippen LogP contribution in [0.25, 0.3) is 0 Å². The van der Waals surface area contributed by atoms with E-state index in [1.165, 1.54) is 6.92 Å². The smallest absolute Gasteiger partial charge is 0.329 e. The van der Waals surface area contributed by atoms with Crippen molar-refractivity contribution in [2.45, 2.75) is 24.0 Å². The molecule has 0 aliphatic heterocycles. The van der Waals surface area contributed by atoms with E-state index in [1.54, 1.807) is 0 Å². The van der Waals surface area contributed by atoms with Crippen LogP contribution in [-0.2, 0) is 16.2 Å². The van der Waals surface area contributed by atoms with Crippen LogP contribution >= 0.6 is 12.4 Å². The maximum absolute atomic E-state index is 12.9. The number of nitrogens with two attached hydrogens (primary N) is 1. The highest BCUT2D eigenvalue weighted by atomic mass is 35.5. The fourth-order valence-corrected chi connectivity index (χ4v) is 2.80. The van der Waals surface area contributed by atoms with Crippen LogP contribution in [0.1, 0.15) is 12.5 Å². The van der Waals surface area contributed by atoms with Gasteiger partial charge in [-0.15, -0.1) is 12.4 Å². The molecule has 0 radical (unpaired) electrons. The van der Waals surface area contributed by atoms with Crippen LogP contribution in [0.4, 0.5) is 17.6 Å². The molecule has 0 saturated carbocycles. The summed E-state index contributed by atoms with van der Waals surface area (Å²) in [4.78, 5) is -1.03. The van der Waals surface area contributed by atoms with Crippen LogP contribution in [-0.4, -0.2) is 21.0 Å². The normalized spacial score (nSPS) is 13.7. The summed E-state index contributed by atoms with van der Waals surface area (Å²) in [6.07, 6.45) is -4.97. The summed E-state index contributed by atoms with van der Waals surface area (Å²) in [5.74, 6) is -1.17. The number of alkyl halides is 3. The van der Waals surface area contributed by atoms with Crippen LogP contribution in [0, 0.1) is 5.82 Å². The van der Waals surface area contributed by atoms with Crippen molar-refractivity contribution in [2.75, 3.05) is 6.54 Å². The molecule has 1 aromatic carbocycles. The minimum atomic E-state index is -4.97. The average molecular weight is 337 g/mol. The molecule has 0 fully saturated rings. The Morgan fingerprint density at radius 2 is 1.90 bits per heavy atom. The number of sulfonamides is 1. The van der Waals surface area contributed by atoms with Crippen molar-refractivity contribution in [3.63, 3.8) is 0 Å². The molecule has 1 rings (SSSR count). The molecule has 3 N–H and O–H groups in total. The molecule has 0 spiro atoms. The first-order chi connectivity index (χ1) is 8.58. The zero-order valence-electron chi connectivity index (χ0n) is 10.2. The molecule has 0 aliphatic carbocycles. The van der Waals surface area contributed by atoms with Gasteiger partial charge in [0.05, 0.1) is 10.5 Å². The summed E-state index contributed by atoms with van der Waals surface area (Å²) in [5, 5.41) is 0. The maximum atomic E-state index is 12.9. The first-order valence-electron chi connectivity index (χ1n) is 5.17. The van der Waals surface area contributed by atoms with Crippen molar-refractivity contribution in [3.8, 4) is 0 Å². The van der Waals surface area contributed by atoms with E-state index in [-0.39, 0.29) is 25.0 Å². The molecule has 1 atom stereocenters. The fraction of sp³-hybridized carbons (Fsp3) is 0.400. The minimum absolute atomic E-state index is 0. The molecule has 0 unspecified atom stereocenters. The van der Waals surface area contributed by atoms with Gasteiger partial charge in [0.15, 0.2) is 0 Å². The third kappa shape index (κ3) is 4.58. The lowest BCUT2D eigenvalue weighted by molar-refractivity contribution is -0.140. The molecule has 4 nitrogen and oxygen atoms in total. The van der Waals surface area contributed by atoms with Gasteiger partial charge in [-0.1, -0.05) is 0 Å². The van der Waals surface area contributed by atoms with Crippen molar-refractivity contribution in [2.24, 2.45) is 5.73 Å². The van der Waals surface area contributed by atoms with E-state index in [0.29, 0.717) is 12.1 Å².